The molecule has 0 aliphatic carbocycles. The van der Waals surface area contributed by atoms with Crippen molar-refractivity contribution in [2.24, 2.45) is 5.41 Å². The summed E-state index contributed by atoms with van der Waals surface area (Å²) in [7, 11) is 0. The summed E-state index contributed by atoms with van der Waals surface area (Å²) in [5.41, 5.74) is 1.69. The van der Waals surface area contributed by atoms with Gasteiger partial charge in [-0.05, 0) is 33.3 Å². The number of likely N-dealkylation sites (tertiary alicyclic amines) is 1. The highest BCUT2D eigenvalue weighted by Crippen LogP contribution is 2.53. The Morgan fingerprint density at radius 2 is 1.52 bits per heavy atom. The van der Waals surface area contributed by atoms with Crippen LogP contribution in [0.1, 0.15) is 49.7 Å². The van der Waals surface area contributed by atoms with Gasteiger partial charge in [0.05, 0.1) is 5.41 Å². The number of hydrogen-bond donors (Lipinski definition) is 0. The molecule has 23 heavy (non-hydrogen) atoms. The average Bonchev–Trinajstić information content (AvgIpc) is 2.52. The van der Waals surface area contributed by atoms with Gasteiger partial charge in [-0.3, -0.25) is 9.69 Å². The molecule has 0 amide bonds. The standard InChI is InChI=1S/C21H25NO/c1-20(2,3)22-15-21(4,18(22)16-11-7-5-8-12-16)19(23)17-13-9-6-10-14-17/h5-14,18H,15H2,1-4H3/t18-,21+/m0/s1. The normalized spacial score (nSPS) is 25.0. The van der Waals surface area contributed by atoms with Crippen molar-refractivity contribution in [1.29, 1.82) is 0 Å². The van der Waals surface area contributed by atoms with Crippen LogP contribution in [0.15, 0.2) is 60.7 Å². The van der Waals surface area contributed by atoms with E-state index in [0.29, 0.717) is 0 Å². The van der Waals surface area contributed by atoms with Gasteiger partial charge in [0.1, 0.15) is 0 Å². The van der Waals surface area contributed by atoms with Crippen molar-refractivity contribution in [1.82, 2.24) is 4.90 Å². The molecule has 0 unspecified atom stereocenters. The lowest BCUT2D eigenvalue weighted by Crippen LogP contribution is -2.66. The van der Waals surface area contributed by atoms with E-state index in [1.54, 1.807) is 0 Å². The number of benzene rings is 2. The number of hydrogen-bond acceptors (Lipinski definition) is 2. The van der Waals surface area contributed by atoms with Crippen molar-refractivity contribution in [3.05, 3.63) is 71.8 Å². The van der Waals surface area contributed by atoms with Gasteiger partial charge < -0.3 is 0 Å². The molecule has 2 aromatic rings. The quantitative estimate of drug-likeness (QED) is 0.764. The zero-order valence-electron chi connectivity index (χ0n) is 14.4. The molecule has 2 aromatic carbocycles. The molecule has 0 N–H and O–H groups in total. The molecule has 1 aliphatic heterocycles. The Morgan fingerprint density at radius 1 is 1.00 bits per heavy atom. The second-order valence-electron chi connectivity index (χ2n) is 7.72. The molecule has 0 bridgehead atoms. The number of carbonyl (C=O) groups excluding carboxylic acids is 1. The van der Waals surface area contributed by atoms with Crippen LogP contribution in [0.4, 0.5) is 0 Å². The van der Waals surface area contributed by atoms with E-state index < -0.39 is 0 Å². The van der Waals surface area contributed by atoms with Crippen LogP contribution < -0.4 is 0 Å². The van der Waals surface area contributed by atoms with Crippen LogP contribution in [0.2, 0.25) is 0 Å². The summed E-state index contributed by atoms with van der Waals surface area (Å²) in [6.07, 6.45) is 0. The molecule has 1 fully saturated rings. The molecule has 2 nitrogen and oxygen atoms in total. The minimum absolute atomic E-state index is 0.0387. The molecule has 0 radical (unpaired) electrons. The number of nitrogens with zero attached hydrogens (tertiary/aromatic N) is 1. The van der Waals surface area contributed by atoms with Crippen molar-refractivity contribution in [3.8, 4) is 0 Å². The van der Waals surface area contributed by atoms with Crippen molar-refractivity contribution in [3.63, 3.8) is 0 Å². The summed E-state index contributed by atoms with van der Waals surface area (Å²) in [6, 6.07) is 20.2. The summed E-state index contributed by atoms with van der Waals surface area (Å²) in [4.78, 5) is 15.6. The van der Waals surface area contributed by atoms with Crippen LogP contribution in [0.25, 0.3) is 0 Å². The molecule has 3 rings (SSSR count). The smallest absolute Gasteiger partial charge is 0.171 e. The van der Waals surface area contributed by atoms with Gasteiger partial charge in [-0.25, -0.2) is 0 Å². The third kappa shape index (κ3) is 2.72. The highest BCUT2D eigenvalue weighted by Gasteiger charge is 2.57. The SMILES string of the molecule is CC(C)(C)N1C[C@@](C)(C(=O)c2ccccc2)[C@@H]1c1ccccc1. The van der Waals surface area contributed by atoms with E-state index in [0.717, 1.165) is 12.1 Å². The minimum Gasteiger partial charge on any atom is -0.293 e. The largest absolute Gasteiger partial charge is 0.293 e. The average molecular weight is 307 g/mol. The minimum atomic E-state index is -0.379. The topological polar surface area (TPSA) is 20.3 Å². The van der Waals surface area contributed by atoms with E-state index in [-0.39, 0.29) is 22.8 Å². The number of Topliss-reactive ketones (excluding diaryl/α,β-unsaturated/α-hetero) is 1. The lowest BCUT2D eigenvalue weighted by Gasteiger charge is -2.60. The third-order valence-corrected chi connectivity index (χ3v) is 4.95. The lowest BCUT2D eigenvalue weighted by atomic mass is 9.64. The summed E-state index contributed by atoms with van der Waals surface area (Å²) >= 11 is 0. The summed E-state index contributed by atoms with van der Waals surface area (Å²) in [5.74, 6) is 0.243. The maximum atomic E-state index is 13.2. The highest BCUT2D eigenvalue weighted by molar-refractivity contribution is 6.01. The van der Waals surface area contributed by atoms with Gasteiger partial charge in [0.2, 0.25) is 0 Å². The fourth-order valence-corrected chi connectivity index (χ4v) is 3.69. The molecule has 1 heterocycles. The van der Waals surface area contributed by atoms with Gasteiger partial charge >= 0.3 is 0 Å². The second kappa shape index (κ2) is 5.61. The Hall–Kier alpha value is -1.93. The van der Waals surface area contributed by atoms with Crippen molar-refractivity contribution < 1.29 is 4.79 Å². The molecule has 1 saturated heterocycles. The summed E-state index contributed by atoms with van der Waals surface area (Å²) < 4.78 is 0. The van der Waals surface area contributed by atoms with Gasteiger partial charge in [0.15, 0.2) is 5.78 Å². The first-order chi connectivity index (χ1) is 10.8. The molecule has 120 valence electrons. The van der Waals surface area contributed by atoms with Gasteiger partial charge in [-0.2, -0.15) is 0 Å². The predicted molar refractivity (Wildman–Crippen MR) is 94.5 cm³/mol. The molecule has 2 heteroatoms. The van der Waals surface area contributed by atoms with E-state index in [9.17, 15) is 4.79 Å². The third-order valence-electron chi connectivity index (χ3n) is 4.95. The first-order valence-electron chi connectivity index (χ1n) is 8.25. The number of rotatable bonds is 3. The Bertz CT molecular complexity index is 687. The number of ketones is 1. The Kier molecular flexibility index (Phi) is 3.89. The van der Waals surface area contributed by atoms with Gasteiger partial charge in [0, 0.05) is 23.7 Å². The van der Waals surface area contributed by atoms with E-state index in [1.165, 1.54) is 5.56 Å². The Balaban J connectivity index is 2.00. The van der Waals surface area contributed by atoms with Gasteiger partial charge in [-0.1, -0.05) is 60.7 Å². The van der Waals surface area contributed by atoms with Crippen LogP contribution in [0.3, 0.4) is 0 Å². The maximum Gasteiger partial charge on any atom is 0.171 e. The van der Waals surface area contributed by atoms with Crippen LogP contribution >= 0.6 is 0 Å². The van der Waals surface area contributed by atoms with E-state index in [2.05, 4.69) is 56.9 Å². The molecular weight excluding hydrogens is 282 g/mol. The molecule has 0 aromatic heterocycles. The highest BCUT2D eigenvalue weighted by atomic mass is 16.1. The van der Waals surface area contributed by atoms with E-state index >= 15 is 0 Å². The molecule has 2 atom stereocenters. The first-order valence-corrected chi connectivity index (χ1v) is 8.25. The molecule has 1 aliphatic rings. The van der Waals surface area contributed by atoms with Crippen LogP contribution in [0.5, 0.6) is 0 Å². The zero-order valence-corrected chi connectivity index (χ0v) is 14.4. The van der Waals surface area contributed by atoms with Crippen molar-refractivity contribution >= 4 is 5.78 Å². The maximum absolute atomic E-state index is 13.2. The Labute approximate surface area is 139 Å². The van der Waals surface area contributed by atoms with Crippen molar-refractivity contribution in [2.45, 2.75) is 39.3 Å². The van der Waals surface area contributed by atoms with Crippen LogP contribution in [0, 0.1) is 5.41 Å². The van der Waals surface area contributed by atoms with E-state index in [1.807, 2.05) is 36.4 Å². The fourth-order valence-electron chi connectivity index (χ4n) is 3.69. The molecular formula is C21H25NO. The fraction of sp³-hybridized carbons (Fsp3) is 0.381. The second-order valence-corrected chi connectivity index (χ2v) is 7.72. The van der Waals surface area contributed by atoms with Gasteiger partial charge in [-0.15, -0.1) is 0 Å². The van der Waals surface area contributed by atoms with Gasteiger partial charge in [0.25, 0.3) is 0 Å². The molecule has 0 spiro atoms. The summed E-state index contributed by atoms with van der Waals surface area (Å²) in [6.45, 7) is 9.56. The first kappa shape index (κ1) is 15.9. The van der Waals surface area contributed by atoms with E-state index in [4.69, 9.17) is 0 Å². The summed E-state index contributed by atoms with van der Waals surface area (Å²) in [5, 5.41) is 0. The molecule has 0 saturated carbocycles. The lowest BCUT2D eigenvalue weighted by molar-refractivity contribution is -0.0951. The van der Waals surface area contributed by atoms with Crippen LogP contribution in [-0.4, -0.2) is 22.8 Å². The zero-order chi connectivity index (χ0) is 16.7. The monoisotopic (exact) mass is 307 g/mol. The predicted octanol–water partition coefficient (Wildman–Crippen LogP) is 4.73. The Morgan fingerprint density at radius 3 is 2.04 bits per heavy atom. The van der Waals surface area contributed by atoms with Crippen LogP contribution in [-0.2, 0) is 0 Å². The number of carbonyl (C=O) groups is 1. The van der Waals surface area contributed by atoms with Crippen molar-refractivity contribution in [2.75, 3.05) is 6.54 Å².